The molecule has 0 rings (SSSR count). The molecule has 0 aliphatic rings. The van der Waals surface area contributed by atoms with Crippen LogP contribution in [0.15, 0.2) is 0 Å². The van der Waals surface area contributed by atoms with Gasteiger partial charge in [-0.25, -0.2) is 0 Å². The first-order valence-corrected chi connectivity index (χ1v) is 27.8. The van der Waals surface area contributed by atoms with Gasteiger partial charge in [0.25, 0.3) is 0 Å². The van der Waals surface area contributed by atoms with E-state index in [9.17, 15) is 14.4 Å². The number of carbonyl (C=O) groups excluding carboxylic acids is 3. The Morgan fingerprint density at radius 2 is 0.565 bits per heavy atom. The van der Waals surface area contributed by atoms with E-state index in [1.165, 1.54) is 199 Å². The Kier molecular flexibility index (Phi) is 47.6. The third-order valence-electron chi connectivity index (χ3n) is 13.4. The van der Waals surface area contributed by atoms with Gasteiger partial charge in [0.1, 0.15) is 13.2 Å². The molecule has 3 atom stereocenters. The molecule has 0 fully saturated rings. The second kappa shape index (κ2) is 48.9. The quantitative estimate of drug-likeness (QED) is 0.0344. The molecule has 0 aromatic rings. The van der Waals surface area contributed by atoms with Crippen LogP contribution in [0, 0.1) is 11.8 Å². The average molecular weight is 877 g/mol. The lowest BCUT2D eigenvalue weighted by molar-refractivity contribution is -0.167. The molecule has 0 spiro atoms. The number of esters is 3. The normalized spacial score (nSPS) is 12.9. The standard InChI is InChI=1S/C56H108O6/c1-6-9-10-11-12-13-14-20-28-33-38-43-48-56(59)62-53(50-61-55(58)47-42-37-32-27-23-22-25-30-35-40-45-52(5)8-3)49-60-54(57)46-41-36-31-26-21-18-16-15-17-19-24-29-34-39-44-51(4)7-2/h51-53H,6-50H2,1-5H3/t51?,52?,53-/m0/s1. The van der Waals surface area contributed by atoms with Crippen molar-refractivity contribution in [3.63, 3.8) is 0 Å². The molecule has 6 nitrogen and oxygen atoms in total. The maximum atomic E-state index is 12.8. The molecule has 0 aliphatic carbocycles. The predicted octanol–water partition coefficient (Wildman–Crippen LogP) is 18.1. The number of rotatable bonds is 50. The fourth-order valence-corrected chi connectivity index (χ4v) is 8.46. The van der Waals surface area contributed by atoms with Gasteiger partial charge in [-0.2, -0.15) is 0 Å². The van der Waals surface area contributed by atoms with Crippen molar-refractivity contribution < 1.29 is 28.6 Å². The topological polar surface area (TPSA) is 78.9 Å². The summed E-state index contributed by atoms with van der Waals surface area (Å²) in [5.41, 5.74) is 0. The van der Waals surface area contributed by atoms with Crippen molar-refractivity contribution in [2.24, 2.45) is 11.8 Å². The van der Waals surface area contributed by atoms with Crippen LogP contribution in [0.1, 0.15) is 311 Å². The largest absolute Gasteiger partial charge is 0.462 e. The van der Waals surface area contributed by atoms with Crippen LogP contribution in [0.2, 0.25) is 0 Å². The second-order valence-electron chi connectivity index (χ2n) is 19.7. The minimum Gasteiger partial charge on any atom is -0.462 e. The summed E-state index contributed by atoms with van der Waals surface area (Å²) in [6.45, 7) is 11.5. The van der Waals surface area contributed by atoms with Gasteiger partial charge < -0.3 is 14.2 Å². The zero-order chi connectivity index (χ0) is 45.4. The van der Waals surface area contributed by atoms with Crippen LogP contribution < -0.4 is 0 Å². The monoisotopic (exact) mass is 877 g/mol. The summed E-state index contributed by atoms with van der Waals surface area (Å²) in [6.07, 6.45) is 50.7. The number of hydrogen-bond acceptors (Lipinski definition) is 6. The van der Waals surface area contributed by atoms with Crippen LogP contribution in [0.25, 0.3) is 0 Å². The van der Waals surface area contributed by atoms with Crippen LogP contribution in [-0.2, 0) is 28.6 Å². The third-order valence-corrected chi connectivity index (χ3v) is 13.4. The summed E-state index contributed by atoms with van der Waals surface area (Å²) >= 11 is 0. The van der Waals surface area contributed by atoms with Crippen molar-refractivity contribution in [1.82, 2.24) is 0 Å². The Morgan fingerprint density at radius 3 is 0.839 bits per heavy atom. The molecule has 0 radical (unpaired) electrons. The zero-order valence-corrected chi connectivity index (χ0v) is 42.5. The molecule has 0 heterocycles. The van der Waals surface area contributed by atoms with Crippen LogP contribution in [0.3, 0.4) is 0 Å². The lowest BCUT2D eigenvalue weighted by Gasteiger charge is -2.18. The number of carbonyl (C=O) groups is 3. The summed E-state index contributed by atoms with van der Waals surface area (Å²) in [6, 6.07) is 0. The van der Waals surface area contributed by atoms with Gasteiger partial charge in [0.15, 0.2) is 6.10 Å². The molecule has 0 aromatic carbocycles. The molecule has 368 valence electrons. The summed E-state index contributed by atoms with van der Waals surface area (Å²) in [5.74, 6) is 0.922. The number of unbranched alkanes of at least 4 members (excludes halogenated alkanes) is 33. The van der Waals surface area contributed by atoms with Crippen LogP contribution in [-0.4, -0.2) is 37.2 Å². The van der Waals surface area contributed by atoms with E-state index < -0.39 is 6.10 Å². The minimum absolute atomic E-state index is 0.0631. The van der Waals surface area contributed by atoms with Gasteiger partial charge in [0.2, 0.25) is 0 Å². The van der Waals surface area contributed by atoms with Crippen molar-refractivity contribution in [3.8, 4) is 0 Å². The molecule has 62 heavy (non-hydrogen) atoms. The van der Waals surface area contributed by atoms with E-state index in [0.717, 1.165) is 69.6 Å². The van der Waals surface area contributed by atoms with Gasteiger partial charge in [0.05, 0.1) is 0 Å². The average Bonchev–Trinajstić information content (AvgIpc) is 3.27. The van der Waals surface area contributed by atoms with Crippen LogP contribution in [0.4, 0.5) is 0 Å². The van der Waals surface area contributed by atoms with Gasteiger partial charge >= 0.3 is 17.9 Å². The molecule has 0 aromatic heterocycles. The molecule has 6 heteroatoms. The van der Waals surface area contributed by atoms with E-state index in [1.54, 1.807) is 0 Å². The smallest absolute Gasteiger partial charge is 0.306 e. The predicted molar refractivity (Wildman–Crippen MR) is 266 cm³/mol. The lowest BCUT2D eigenvalue weighted by atomic mass is 9.99. The fourth-order valence-electron chi connectivity index (χ4n) is 8.46. The molecule has 0 saturated heterocycles. The van der Waals surface area contributed by atoms with Crippen LogP contribution >= 0.6 is 0 Å². The SMILES string of the molecule is CCCCCCCCCCCCCCC(=O)O[C@@H](COC(=O)CCCCCCCCCCCCCCCCC(C)CC)COC(=O)CCCCCCCCCCCCC(C)CC. The highest BCUT2D eigenvalue weighted by molar-refractivity contribution is 5.71. The van der Waals surface area contributed by atoms with Gasteiger partial charge in [-0.3, -0.25) is 14.4 Å². The minimum atomic E-state index is -0.762. The van der Waals surface area contributed by atoms with E-state index in [2.05, 4.69) is 34.6 Å². The van der Waals surface area contributed by atoms with Crippen molar-refractivity contribution >= 4 is 17.9 Å². The Labute approximate surface area is 387 Å². The molecule has 0 N–H and O–H groups in total. The first-order chi connectivity index (χ1) is 30.3. The second-order valence-corrected chi connectivity index (χ2v) is 19.7. The van der Waals surface area contributed by atoms with Gasteiger partial charge in [0, 0.05) is 19.3 Å². The highest BCUT2D eigenvalue weighted by Crippen LogP contribution is 2.19. The summed E-state index contributed by atoms with van der Waals surface area (Å²) in [4.78, 5) is 38.0. The fraction of sp³-hybridized carbons (Fsp3) is 0.946. The van der Waals surface area contributed by atoms with Gasteiger partial charge in [-0.05, 0) is 31.1 Å². The molecular weight excluding hydrogens is 769 g/mol. The Hall–Kier alpha value is -1.59. The first kappa shape index (κ1) is 60.4. The Morgan fingerprint density at radius 1 is 0.323 bits per heavy atom. The van der Waals surface area contributed by atoms with Crippen LogP contribution in [0.5, 0.6) is 0 Å². The number of ether oxygens (including phenoxy) is 3. The highest BCUT2D eigenvalue weighted by Gasteiger charge is 2.19. The Balaban J connectivity index is 4.28. The molecule has 0 amide bonds. The number of hydrogen-bond donors (Lipinski definition) is 0. The molecule has 0 saturated carbocycles. The maximum absolute atomic E-state index is 12.8. The zero-order valence-electron chi connectivity index (χ0n) is 42.5. The Bertz CT molecular complexity index is 951. The van der Waals surface area contributed by atoms with Crippen molar-refractivity contribution in [2.75, 3.05) is 13.2 Å². The van der Waals surface area contributed by atoms with Crippen molar-refractivity contribution in [3.05, 3.63) is 0 Å². The van der Waals surface area contributed by atoms with Gasteiger partial charge in [-0.1, -0.05) is 272 Å². The van der Waals surface area contributed by atoms with E-state index in [0.29, 0.717) is 19.3 Å². The molecule has 0 bridgehead atoms. The highest BCUT2D eigenvalue weighted by atomic mass is 16.6. The molecule has 2 unspecified atom stereocenters. The van der Waals surface area contributed by atoms with Crippen molar-refractivity contribution in [1.29, 1.82) is 0 Å². The first-order valence-electron chi connectivity index (χ1n) is 27.8. The van der Waals surface area contributed by atoms with E-state index in [4.69, 9.17) is 14.2 Å². The summed E-state index contributed by atoms with van der Waals surface area (Å²) < 4.78 is 16.9. The van der Waals surface area contributed by atoms with Gasteiger partial charge in [-0.15, -0.1) is 0 Å². The van der Waals surface area contributed by atoms with Crippen molar-refractivity contribution in [2.45, 2.75) is 317 Å². The van der Waals surface area contributed by atoms with E-state index >= 15 is 0 Å². The van der Waals surface area contributed by atoms with E-state index in [-0.39, 0.29) is 31.1 Å². The maximum Gasteiger partial charge on any atom is 0.306 e. The summed E-state index contributed by atoms with van der Waals surface area (Å²) in [5, 5.41) is 0. The lowest BCUT2D eigenvalue weighted by Crippen LogP contribution is -2.30. The van der Waals surface area contributed by atoms with E-state index in [1.807, 2.05) is 0 Å². The third kappa shape index (κ3) is 46.4. The summed E-state index contributed by atoms with van der Waals surface area (Å²) in [7, 11) is 0. The molecule has 0 aliphatic heterocycles. The molecular formula is C56H108O6.